The largest absolute Gasteiger partial charge is 0.493 e. The van der Waals surface area contributed by atoms with Crippen molar-refractivity contribution in [2.45, 2.75) is 6.61 Å². The third-order valence-corrected chi connectivity index (χ3v) is 3.84. The predicted octanol–water partition coefficient (Wildman–Crippen LogP) is 4.69. The highest BCUT2D eigenvalue weighted by molar-refractivity contribution is 9.10. The average molecular weight is 360 g/mol. The fraction of sp³-hybridized carbons (Fsp3) is 0.118. The highest BCUT2D eigenvalue weighted by Gasteiger charge is 2.14. The van der Waals surface area contributed by atoms with Crippen LogP contribution in [0.5, 0.6) is 11.5 Å². The Balaban J connectivity index is 1.90. The molecule has 22 heavy (non-hydrogen) atoms. The van der Waals surface area contributed by atoms with Gasteiger partial charge >= 0.3 is 0 Å². The van der Waals surface area contributed by atoms with E-state index in [4.69, 9.17) is 13.9 Å². The first kappa shape index (κ1) is 14.7. The zero-order chi connectivity index (χ0) is 15.4. The fourth-order valence-corrected chi connectivity index (χ4v) is 2.60. The number of nitrogens with zero attached hydrogens (tertiary/aromatic N) is 1. The lowest BCUT2D eigenvalue weighted by molar-refractivity contribution is 0.284. The molecule has 0 atom stereocenters. The smallest absolute Gasteiger partial charge is 0.181 e. The molecular weight excluding hydrogens is 346 g/mol. The summed E-state index contributed by atoms with van der Waals surface area (Å²) in [4.78, 5) is 3.95. The third kappa shape index (κ3) is 3.14. The highest BCUT2D eigenvalue weighted by atomic mass is 79.9. The van der Waals surface area contributed by atoms with E-state index in [0.29, 0.717) is 23.9 Å². The first-order valence-electron chi connectivity index (χ1n) is 6.71. The maximum absolute atomic E-state index is 5.90. The molecule has 3 rings (SSSR count). The van der Waals surface area contributed by atoms with Crippen LogP contribution in [0.25, 0.3) is 11.3 Å². The van der Waals surface area contributed by atoms with E-state index in [1.807, 2.05) is 42.5 Å². The molecule has 4 nitrogen and oxygen atoms in total. The first-order valence-corrected chi connectivity index (χ1v) is 7.50. The number of hydrogen-bond acceptors (Lipinski definition) is 4. The van der Waals surface area contributed by atoms with Gasteiger partial charge in [0.25, 0.3) is 0 Å². The van der Waals surface area contributed by atoms with Crippen LogP contribution in [0, 0.1) is 0 Å². The van der Waals surface area contributed by atoms with Crippen molar-refractivity contribution in [3.63, 3.8) is 0 Å². The molecule has 0 aliphatic rings. The van der Waals surface area contributed by atoms with Gasteiger partial charge in [-0.2, -0.15) is 0 Å². The molecule has 2 aromatic carbocycles. The van der Waals surface area contributed by atoms with Crippen LogP contribution in [-0.4, -0.2) is 12.1 Å². The Labute approximate surface area is 136 Å². The lowest BCUT2D eigenvalue weighted by atomic mass is 10.1. The van der Waals surface area contributed by atoms with Gasteiger partial charge in [-0.3, -0.25) is 0 Å². The standard InChI is InChI=1S/C17H14BrNO3/c1-20-15-8-14(18)13(17-9-19-11-22-17)7-16(15)21-10-12-5-3-2-4-6-12/h2-9,11H,10H2,1H3. The molecule has 0 aliphatic carbocycles. The minimum Gasteiger partial charge on any atom is -0.493 e. The van der Waals surface area contributed by atoms with Crippen molar-refractivity contribution in [1.29, 1.82) is 0 Å². The van der Waals surface area contributed by atoms with E-state index < -0.39 is 0 Å². The normalized spacial score (nSPS) is 10.5. The molecule has 0 saturated heterocycles. The summed E-state index contributed by atoms with van der Waals surface area (Å²) in [6.45, 7) is 0.467. The molecule has 0 radical (unpaired) electrons. The lowest BCUT2D eigenvalue weighted by Gasteiger charge is -2.13. The fourth-order valence-electron chi connectivity index (χ4n) is 2.08. The molecule has 112 valence electrons. The highest BCUT2D eigenvalue weighted by Crippen LogP contribution is 2.38. The van der Waals surface area contributed by atoms with E-state index in [-0.39, 0.29) is 0 Å². The minimum absolute atomic E-state index is 0.467. The van der Waals surface area contributed by atoms with Crippen LogP contribution >= 0.6 is 15.9 Å². The summed E-state index contributed by atoms with van der Waals surface area (Å²) >= 11 is 3.52. The van der Waals surface area contributed by atoms with E-state index in [9.17, 15) is 0 Å². The van der Waals surface area contributed by atoms with Crippen molar-refractivity contribution in [3.05, 3.63) is 65.1 Å². The van der Waals surface area contributed by atoms with Gasteiger partial charge in [-0.05, 0) is 33.6 Å². The van der Waals surface area contributed by atoms with Crippen LogP contribution in [0.4, 0.5) is 0 Å². The minimum atomic E-state index is 0.467. The van der Waals surface area contributed by atoms with Crippen molar-refractivity contribution in [3.8, 4) is 22.8 Å². The maximum atomic E-state index is 5.90. The molecule has 0 bridgehead atoms. The van der Waals surface area contributed by atoms with Crippen molar-refractivity contribution in [2.75, 3.05) is 7.11 Å². The van der Waals surface area contributed by atoms with Gasteiger partial charge in [0.2, 0.25) is 0 Å². The van der Waals surface area contributed by atoms with Gasteiger partial charge in [0.15, 0.2) is 23.7 Å². The Morgan fingerprint density at radius 1 is 1.14 bits per heavy atom. The van der Waals surface area contributed by atoms with E-state index >= 15 is 0 Å². The van der Waals surface area contributed by atoms with Gasteiger partial charge in [-0.1, -0.05) is 30.3 Å². The second-order valence-electron chi connectivity index (χ2n) is 4.62. The second-order valence-corrected chi connectivity index (χ2v) is 5.48. The molecule has 0 N–H and O–H groups in total. The van der Waals surface area contributed by atoms with Gasteiger partial charge in [0, 0.05) is 10.0 Å². The Kier molecular flexibility index (Phi) is 4.44. The van der Waals surface area contributed by atoms with Crippen LogP contribution in [0.2, 0.25) is 0 Å². The summed E-state index contributed by atoms with van der Waals surface area (Å²) in [6, 6.07) is 13.7. The van der Waals surface area contributed by atoms with Gasteiger partial charge < -0.3 is 13.9 Å². The predicted molar refractivity (Wildman–Crippen MR) is 87.0 cm³/mol. The topological polar surface area (TPSA) is 44.5 Å². The monoisotopic (exact) mass is 359 g/mol. The Bertz CT molecular complexity index is 742. The summed E-state index contributed by atoms with van der Waals surface area (Å²) in [6.07, 6.45) is 3.06. The Hall–Kier alpha value is -2.27. The zero-order valence-electron chi connectivity index (χ0n) is 12.0. The summed E-state index contributed by atoms with van der Waals surface area (Å²) in [7, 11) is 1.62. The molecule has 3 aromatic rings. The second kappa shape index (κ2) is 6.66. The van der Waals surface area contributed by atoms with E-state index in [0.717, 1.165) is 15.6 Å². The number of oxazole rings is 1. The molecular formula is C17H14BrNO3. The molecule has 0 amide bonds. The van der Waals surface area contributed by atoms with Gasteiger partial charge in [-0.15, -0.1) is 0 Å². The van der Waals surface area contributed by atoms with E-state index in [1.165, 1.54) is 6.39 Å². The number of aromatic nitrogens is 1. The number of benzene rings is 2. The average Bonchev–Trinajstić information content (AvgIpc) is 3.08. The van der Waals surface area contributed by atoms with E-state index in [2.05, 4.69) is 20.9 Å². The van der Waals surface area contributed by atoms with Crippen LogP contribution in [0.1, 0.15) is 5.56 Å². The van der Waals surface area contributed by atoms with Gasteiger partial charge in [0.1, 0.15) is 6.61 Å². The number of rotatable bonds is 5. The quantitative estimate of drug-likeness (QED) is 0.662. The number of halogens is 1. The van der Waals surface area contributed by atoms with Crippen molar-refractivity contribution in [1.82, 2.24) is 4.98 Å². The first-order chi connectivity index (χ1) is 10.8. The molecule has 0 fully saturated rings. The molecule has 0 saturated carbocycles. The van der Waals surface area contributed by atoms with Crippen molar-refractivity contribution < 1.29 is 13.9 Å². The molecule has 0 aliphatic heterocycles. The van der Waals surface area contributed by atoms with E-state index in [1.54, 1.807) is 13.3 Å². The Morgan fingerprint density at radius 3 is 2.64 bits per heavy atom. The molecule has 5 heteroatoms. The van der Waals surface area contributed by atoms with Crippen LogP contribution in [-0.2, 0) is 6.61 Å². The van der Waals surface area contributed by atoms with Crippen molar-refractivity contribution in [2.24, 2.45) is 0 Å². The summed E-state index contributed by atoms with van der Waals surface area (Å²) in [5, 5.41) is 0. The number of hydrogen-bond donors (Lipinski definition) is 0. The van der Waals surface area contributed by atoms with Crippen LogP contribution in [0.3, 0.4) is 0 Å². The SMILES string of the molecule is COc1cc(Br)c(-c2cnco2)cc1OCc1ccccc1. The van der Waals surface area contributed by atoms with Crippen molar-refractivity contribution >= 4 is 15.9 Å². The van der Waals surface area contributed by atoms with Gasteiger partial charge in [-0.25, -0.2) is 4.98 Å². The maximum Gasteiger partial charge on any atom is 0.181 e. The number of methoxy groups -OCH3 is 1. The molecule has 1 heterocycles. The number of ether oxygens (including phenoxy) is 2. The molecule has 1 aromatic heterocycles. The lowest BCUT2D eigenvalue weighted by Crippen LogP contribution is -1.98. The molecule has 0 unspecified atom stereocenters. The third-order valence-electron chi connectivity index (χ3n) is 3.19. The summed E-state index contributed by atoms with van der Waals surface area (Å²) in [5.41, 5.74) is 1.95. The van der Waals surface area contributed by atoms with Gasteiger partial charge in [0.05, 0.1) is 13.3 Å². The summed E-state index contributed by atoms with van der Waals surface area (Å²) < 4.78 is 17.5. The molecule has 0 spiro atoms. The Morgan fingerprint density at radius 2 is 1.95 bits per heavy atom. The van der Waals surface area contributed by atoms with Crippen LogP contribution in [0.15, 0.2) is 63.9 Å². The zero-order valence-corrected chi connectivity index (χ0v) is 13.5. The van der Waals surface area contributed by atoms with Crippen LogP contribution < -0.4 is 9.47 Å². The summed E-state index contributed by atoms with van der Waals surface area (Å²) in [5.74, 6) is 1.98.